The number of Topliss-reactive ketones (excluding diaryl/α,β-unsaturated/α-hetero) is 1. The van der Waals surface area contributed by atoms with E-state index in [4.69, 9.17) is 9.47 Å². The Balaban J connectivity index is 1.72. The fourth-order valence-corrected chi connectivity index (χ4v) is 8.83. The molecule has 10 nitrogen and oxygen atoms in total. The third-order valence-corrected chi connectivity index (χ3v) is 12.5. The van der Waals surface area contributed by atoms with Gasteiger partial charge in [0.05, 0.1) is 48.7 Å². The molecule has 2 aromatic rings. The number of carbonyl (C=O) groups is 4. The van der Waals surface area contributed by atoms with Crippen LogP contribution < -0.4 is 16.0 Å². The zero-order valence-electron chi connectivity index (χ0n) is 37.9. The highest BCUT2D eigenvalue weighted by Gasteiger charge is 2.41. The molecule has 0 spiro atoms. The molecule has 0 bridgehead atoms. The van der Waals surface area contributed by atoms with Crippen molar-refractivity contribution in [3.8, 4) is 0 Å². The van der Waals surface area contributed by atoms with Crippen LogP contribution in [0.15, 0.2) is 66.7 Å². The first-order chi connectivity index (χ1) is 28.1. The second kappa shape index (κ2) is 25.0. The van der Waals surface area contributed by atoms with E-state index in [0.29, 0.717) is 25.8 Å². The molecule has 1 aliphatic heterocycles. The first kappa shape index (κ1) is 49.5. The van der Waals surface area contributed by atoms with Gasteiger partial charge < -0.3 is 30.3 Å². The molecule has 0 aliphatic carbocycles. The number of nitrogens with zero attached hydrogens (tertiary/aromatic N) is 1. The van der Waals surface area contributed by atoms with Crippen molar-refractivity contribution in [1.29, 1.82) is 0 Å². The van der Waals surface area contributed by atoms with Crippen molar-refractivity contribution in [3.05, 3.63) is 77.9 Å². The molecule has 1 fully saturated rings. The van der Waals surface area contributed by atoms with E-state index in [-0.39, 0.29) is 83.7 Å². The standard InChI is InChI=1S/C49H76N4O6/c1-12-35(7)40(28-34(6)29-42(54)45(32(2)3)52-49(57)46(50-9)33(4)5)43(58-10)31-44(55)53-27-19-24-41(53)47(59-11)36(8)48(56)51-39(30-38-22-17-14-18-23-38)26-25-37-20-15-13-16-21-37/h13-18,20-23,25-26,32-36,39-41,43,45-47,50H,12,19,24,27-31H2,1-11H3,(H,51,56)(H,52,57)/b26-25-/t34?,35-,36+,39+,40-,41-,43+,45-,46-,47+/m0/s1. The molecule has 328 valence electrons. The number of likely N-dealkylation sites (N-methyl/N-ethyl adjacent to an activating group) is 1. The van der Waals surface area contributed by atoms with E-state index in [9.17, 15) is 19.2 Å². The second-order valence-electron chi connectivity index (χ2n) is 17.6. The number of amides is 3. The largest absolute Gasteiger partial charge is 0.381 e. The van der Waals surface area contributed by atoms with Gasteiger partial charge in [0, 0.05) is 27.2 Å². The van der Waals surface area contributed by atoms with Gasteiger partial charge in [-0.3, -0.25) is 19.2 Å². The Morgan fingerprint density at radius 3 is 2.00 bits per heavy atom. The molecule has 1 aliphatic rings. The van der Waals surface area contributed by atoms with Crippen LogP contribution >= 0.6 is 0 Å². The monoisotopic (exact) mass is 817 g/mol. The average molecular weight is 817 g/mol. The minimum absolute atomic E-state index is 0.00869. The summed E-state index contributed by atoms with van der Waals surface area (Å²) in [7, 11) is 5.06. The Labute approximate surface area is 356 Å². The number of ether oxygens (including phenoxy) is 2. The van der Waals surface area contributed by atoms with Gasteiger partial charge in [0.25, 0.3) is 0 Å². The maximum absolute atomic E-state index is 14.3. The molecule has 10 atom stereocenters. The predicted molar refractivity (Wildman–Crippen MR) is 238 cm³/mol. The molecule has 1 unspecified atom stereocenters. The summed E-state index contributed by atoms with van der Waals surface area (Å²) in [4.78, 5) is 57.0. The van der Waals surface area contributed by atoms with Crippen LogP contribution in [-0.4, -0.2) is 92.6 Å². The second-order valence-corrected chi connectivity index (χ2v) is 17.6. The van der Waals surface area contributed by atoms with Crippen molar-refractivity contribution in [2.45, 2.75) is 137 Å². The topological polar surface area (TPSA) is 126 Å². The van der Waals surface area contributed by atoms with Crippen LogP contribution in [0, 0.1) is 35.5 Å². The summed E-state index contributed by atoms with van der Waals surface area (Å²) in [6.07, 6.45) is 7.59. The number of rotatable bonds is 25. The number of hydrogen-bond donors (Lipinski definition) is 3. The highest BCUT2D eigenvalue weighted by Crippen LogP contribution is 2.33. The minimum atomic E-state index is -0.577. The molecule has 0 radical (unpaired) electrons. The van der Waals surface area contributed by atoms with E-state index in [1.54, 1.807) is 21.3 Å². The van der Waals surface area contributed by atoms with E-state index >= 15 is 0 Å². The van der Waals surface area contributed by atoms with Gasteiger partial charge in [0.1, 0.15) is 0 Å². The van der Waals surface area contributed by atoms with E-state index < -0.39 is 18.1 Å². The quantitative estimate of drug-likeness (QED) is 0.0948. The zero-order chi connectivity index (χ0) is 43.6. The first-order valence-corrected chi connectivity index (χ1v) is 22.1. The van der Waals surface area contributed by atoms with Crippen molar-refractivity contribution in [3.63, 3.8) is 0 Å². The smallest absolute Gasteiger partial charge is 0.237 e. The molecular weight excluding hydrogens is 741 g/mol. The summed E-state index contributed by atoms with van der Waals surface area (Å²) in [6, 6.07) is 18.7. The Morgan fingerprint density at radius 1 is 0.814 bits per heavy atom. The SMILES string of the molecule is CC[C@H](C)[C@H](CC(C)CC(=O)[C@@H](NC(=O)[C@@H](NC)C(C)C)C(C)C)[C@@H](CC(=O)N1CCC[C@H]1[C@H](OC)[C@@H](C)C(=O)N[C@H](/C=C\c1ccccc1)Cc1ccccc1)OC. The Bertz CT molecular complexity index is 1600. The molecule has 0 aromatic heterocycles. The van der Waals surface area contributed by atoms with Gasteiger partial charge in [-0.1, -0.05) is 135 Å². The van der Waals surface area contributed by atoms with Crippen LogP contribution in [0.1, 0.15) is 105 Å². The van der Waals surface area contributed by atoms with Crippen LogP contribution in [0.3, 0.4) is 0 Å². The molecular formula is C49H76N4O6. The van der Waals surface area contributed by atoms with E-state index in [1.165, 1.54) is 0 Å². The third-order valence-electron chi connectivity index (χ3n) is 12.5. The molecule has 2 aromatic carbocycles. The molecule has 0 saturated carbocycles. The lowest BCUT2D eigenvalue weighted by molar-refractivity contribution is -0.143. The van der Waals surface area contributed by atoms with Crippen molar-refractivity contribution in [2.24, 2.45) is 35.5 Å². The molecule has 1 heterocycles. The number of nitrogens with one attached hydrogen (secondary N) is 3. The van der Waals surface area contributed by atoms with E-state index in [2.05, 4.69) is 48.9 Å². The summed E-state index contributed by atoms with van der Waals surface area (Å²) < 4.78 is 12.2. The Hall–Kier alpha value is -3.86. The average Bonchev–Trinajstić information content (AvgIpc) is 3.70. The van der Waals surface area contributed by atoms with Crippen LogP contribution in [0.4, 0.5) is 0 Å². The number of methoxy groups -OCH3 is 2. The molecule has 1 saturated heterocycles. The minimum Gasteiger partial charge on any atom is -0.381 e. The van der Waals surface area contributed by atoms with Crippen molar-refractivity contribution < 1.29 is 28.7 Å². The number of hydrogen-bond acceptors (Lipinski definition) is 7. The lowest BCUT2D eigenvalue weighted by Gasteiger charge is -2.37. The summed E-state index contributed by atoms with van der Waals surface area (Å²) >= 11 is 0. The van der Waals surface area contributed by atoms with Gasteiger partial charge in [0.15, 0.2) is 5.78 Å². The van der Waals surface area contributed by atoms with Crippen LogP contribution in [0.25, 0.3) is 6.08 Å². The summed E-state index contributed by atoms with van der Waals surface area (Å²) in [5.74, 6) is -0.447. The Morgan fingerprint density at radius 2 is 1.44 bits per heavy atom. The molecule has 3 rings (SSSR count). The maximum atomic E-state index is 14.3. The van der Waals surface area contributed by atoms with Gasteiger partial charge in [-0.05, 0) is 73.4 Å². The number of carbonyl (C=O) groups excluding carboxylic acids is 4. The molecule has 10 heteroatoms. The van der Waals surface area contributed by atoms with Crippen molar-refractivity contribution in [1.82, 2.24) is 20.9 Å². The molecule has 3 N–H and O–H groups in total. The van der Waals surface area contributed by atoms with E-state index in [1.807, 2.05) is 100 Å². The van der Waals surface area contributed by atoms with Crippen molar-refractivity contribution >= 4 is 29.6 Å². The number of ketones is 1. The number of likely N-dealkylation sites (tertiary alicyclic amines) is 1. The van der Waals surface area contributed by atoms with E-state index in [0.717, 1.165) is 30.4 Å². The van der Waals surface area contributed by atoms with Gasteiger partial charge in [0.2, 0.25) is 17.7 Å². The highest BCUT2D eigenvalue weighted by molar-refractivity contribution is 5.91. The van der Waals surface area contributed by atoms with Gasteiger partial charge >= 0.3 is 0 Å². The van der Waals surface area contributed by atoms with Gasteiger partial charge in [-0.2, -0.15) is 0 Å². The summed E-state index contributed by atoms with van der Waals surface area (Å²) in [5.41, 5.74) is 2.18. The predicted octanol–water partition coefficient (Wildman–Crippen LogP) is 7.51. The summed E-state index contributed by atoms with van der Waals surface area (Å²) in [6.45, 7) is 16.8. The van der Waals surface area contributed by atoms with Gasteiger partial charge in [-0.15, -0.1) is 0 Å². The fourth-order valence-electron chi connectivity index (χ4n) is 8.83. The Kier molecular flexibility index (Phi) is 21.0. The molecule has 59 heavy (non-hydrogen) atoms. The van der Waals surface area contributed by atoms with Crippen LogP contribution in [-0.2, 0) is 35.1 Å². The zero-order valence-corrected chi connectivity index (χ0v) is 37.9. The van der Waals surface area contributed by atoms with Crippen molar-refractivity contribution in [2.75, 3.05) is 27.8 Å². The highest BCUT2D eigenvalue weighted by atomic mass is 16.5. The maximum Gasteiger partial charge on any atom is 0.237 e. The number of benzene rings is 2. The molecule has 3 amide bonds. The lowest BCUT2D eigenvalue weighted by Crippen LogP contribution is -2.53. The normalized spacial score (nSPS) is 19.1. The van der Waals surface area contributed by atoms with Crippen LogP contribution in [0.2, 0.25) is 0 Å². The van der Waals surface area contributed by atoms with Gasteiger partial charge in [-0.25, -0.2) is 0 Å². The summed E-state index contributed by atoms with van der Waals surface area (Å²) in [5, 5.41) is 9.39. The lowest BCUT2D eigenvalue weighted by atomic mass is 9.77. The third kappa shape index (κ3) is 15.0. The van der Waals surface area contributed by atoms with Crippen LogP contribution in [0.5, 0.6) is 0 Å². The fraction of sp³-hybridized carbons (Fsp3) is 0.633. The first-order valence-electron chi connectivity index (χ1n) is 22.1.